The molecule has 2 aromatic rings. The Balaban J connectivity index is 2.22. The van der Waals surface area contributed by atoms with Crippen molar-refractivity contribution in [3.8, 4) is 0 Å². The van der Waals surface area contributed by atoms with Crippen molar-refractivity contribution in [2.45, 2.75) is 24.9 Å². The second-order valence-electron chi connectivity index (χ2n) is 3.58. The van der Waals surface area contributed by atoms with Crippen LogP contribution in [0.2, 0.25) is 0 Å². The van der Waals surface area contributed by atoms with Gasteiger partial charge in [-0.1, -0.05) is 0 Å². The number of sulfonamides is 1. The fraction of sp³-hybridized carbons (Fsp3) is 0.333. The molecule has 0 atom stereocenters. The summed E-state index contributed by atoms with van der Waals surface area (Å²) in [6, 6.07) is 0. The van der Waals surface area contributed by atoms with Crippen LogP contribution in [0, 0.1) is 6.92 Å². The van der Waals surface area contributed by atoms with Crippen molar-refractivity contribution in [1.82, 2.24) is 19.9 Å². The standard InChI is InChI=1S/C9H13N5O2S2/c1-6-9(7(4-10)14-13-6)18(15,16)12-5-8-11-2-3-17-8/h2-3,12H,4-5,10H2,1H3,(H,13,14). The molecule has 0 aliphatic rings. The number of nitrogens with zero attached hydrogens (tertiary/aromatic N) is 2. The number of aromatic nitrogens is 3. The monoisotopic (exact) mass is 287 g/mol. The molecule has 18 heavy (non-hydrogen) atoms. The Labute approximate surface area is 108 Å². The first kappa shape index (κ1) is 13.1. The summed E-state index contributed by atoms with van der Waals surface area (Å²) in [5, 5.41) is 8.98. The van der Waals surface area contributed by atoms with E-state index in [0.717, 1.165) is 0 Å². The molecule has 0 radical (unpaired) electrons. The number of hydrogen-bond acceptors (Lipinski definition) is 6. The van der Waals surface area contributed by atoms with Crippen LogP contribution in [-0.2, 0) is 23.1 Å². The molecule has 98 valence electrons. The quantitative estimate of drug-likeness (QED) is 0.722. The van der Waals surface area contributed by atoms with Crippen molar-refractivity contribution in [2.75, 3.05) is 0 Å². The van der Waals surface area contributed by atoms with Crippen molar-refractivity contribution in [2.24, 2.45) is 5.73 Å². The Kier molecular flexibility index (Phi) is 3.76. The van der Waals surface area contributed by atoms with Crippen LogP contribution in [-0.4, -0.2) is 23.6 Å². The molecular formula is C9H13N5O2S2. The van der Waals surface area contributed by atoms with E-state index in [1.165, 1.54) is 11.3 Å². The Morgan fingerprint density at radius 1 is 1.56 bits per heavy atom. The molecule has 7 nitrogen and oxygen atoms in total. The number of rotatable bonds is 5. The van der Waals surface area contributed by atoms with Gasteiger partial charge in [0.15, 0.2) is 0 Å². The van der Waals surface area contributed by atoms with E-state index in [-0.39, 0.29) is 18.0 Å². The van der Waals surface area contributed by atoms with E-state index in [4.69, 9.17) is 5.73 Å². The van der Waals surface area contributed by atoms with Crippen molar-refractivity contribution in [3.05, 3.63) is 28.0 Å². The Morgan fingerprint density at radius 2 is 2.33 bits per heavy atom. The van der Waals surface area contributed by atoms with Crippen LogP contribution >= 0.6 is 11.3 Å². The van der Waals surface area contributed by atoms with E-state index in [1.807, 2.05) is 0 Å². The Bertz CT molecular complexity index is 617. The van der Waals surface area contributed by atoms with E-state index in [1.54, 1.807) is 18.5 Å². The molecule has 2 rings (SSSR count). The summed E-state index contributed by atoms with van der Waals surface area (Å²) in [7, 11) is -3.62. The van der Waals surface area contributed by atoms with Gasteiger partial charge in [-0.05, 0) is 6.92 Å². The van der Waals surface area contributed by atoms with Gasteiger partial charge < -0.3 is 5.73 Å². The summed E-state index contributed by atoms with van der Waals surface area (Å²) >= 11 is 1.39. The van der Waals surface area contributed by atoms with Crippen LogP contribution in [0.25, 0.3) is 0 Å². The van der Waals surface area contributed by atoms with Gasteiger partial charge in [-0.3, -0.25) is 5.10 Å². The number of thiazole rings is 1. The maximum Gasteiger partial charge on any atom is 0.244 e. The second kappa shape index (κ2) is 5.14. The lowest BCUT2D eigenvalue weighted by atomic mass is 10.4. The van der Waals surface area contributed by atoms with Crippen LogP contribution in [0.1, 0.15) is 16.4 Å². The fourth-order valence-electron chi connectivity index (χ4n) is 1.53. The summed E-state index contributed by atoms with van der Waals surface area (Å²) in [5.41, 5.74) is 6.27. The normalized spacial score (nSPS) is 11.9. The van der Waals surface area contributed by atoms with Gasteiger partial charge in [-0.15, -0.1) is 11.3 Å². The predicted octanol–water partition coefficient (Wildman–Crippen LogP) is 0.112. The van der Waals surface area contributed by atoms with Crippen LogP contribution in [0.15, 0.2) is 16.5 Å². The van der Waals surface area contributed by atoms with Crippen LogP contribution < -0.4 is 10.5 Å². The number of nitrogens with two attached hydrogens (primary N) is 1. The highest BCUT2D eigenvalue weighted by Crippen LogP contribution is 2.17. The minimum atomic E-state index is -3.62. The van der Waals surface area contributed by atoms with E-state index in [2.05, 4.69) is 19.9 Å². The Morgan fingerprint density at radius 3 is 2.94 bits per heavy atom. The molecule has 0 saturated heterocycles. The maximum absolute atomic E-state index is 12.1. The molecular weight excluding hydrogens is 274 g/mol. The molecule has 0 spiro atoms. The van der Waals surface area contributed by atoms with Crippen molar-refractivity contribution < 1.29 is 8.42 Å². The van der Waals surface area contributed by atoms with E-state index >= 15 is 0 Å². The molecule has 2 aromatic heterocycles. The number of aromatic amines is 1. The van der Waals surface area contributed by atoms with Gasteiger partial charge in [0.1, 0.15) is 9.90 Å². The SMILES string of the molecule is Cc1[nH]nc(CN)c1S(=O)(=O)NCc1nccs1. The lowest BCUT2D eigenvalue weighted by Gasteiger charge is -2.05. The van der Waals surface area contributed by atoms with Gasteiger partial charge in [0, 0.05) is 18.1 Å². The first-order chi connectivity index (χ1) is 8.54. The molecule has 0 unspecified atom stereocenters. The molecule has 0 aromatic carbocycles. The molecule has 4 N–H and O–H groups in total. The lowest BCUT2D eigenvalue weighted by Crippen LogP contribution is -2.25. The zero-order valence-corrected chi connectivity index (χ0v) is 11.3. The van der Waals surface area contributed by atoms with E-state index < -0.39 is 10.0 Å². The molecule has 0 fully saturated rings. The van der Waals surface area contributed by atoms with Crippen molar-refractivity contribution in [1.29, 1.82) is 0 Å². The van der Waals surface area contributed by atoms with Gasteiger partial charge in [0.2, 0.25) is 10.0 Å². The molecule has 0 amide bonds. The van der Waals surface area contributed by atoms with Gasteiger partial charge in [-0.25, -0.2) is 18.1 Å². The highest BCUT2D eigenvalue weighted by molar-refractivity contribution is 7.89. The maximum atomic E-state index is 12.1. The van der Waals surface area contributed by atoms with Crippen molar-refractivity contribution >= 4 is 21.4 Å². The van der Waals surface area contributed by atoms with Crippen LogP contribution in [0.4, 0.5) is 0 Å². The summed E-state index contributed by atoms with van der Waals surface area (Å²) < 4.78 is 26.8. The van der Waals surface area contributed by atoms with Gasteiger partial charge in [0.05, 0.1) is 17.9 Å². The zero-order valence-electron chi connectivity index (χ0n) is 9.67. The van der Waals surface area contributed by atoms with Crippen LogP contribution in [0.3, 0.4) is 0 Å². The largest absolute Gasteiger partial charge is 0.325 e. The molecule has 0 saturated carbocycles. The van der Waals surface area contributed by atoms with Crippen molar-refractivity contribution in [3.63, 3.8) is 0 Å². The highest BCUT2D eigenvalue weighted by atomic mass is 32.2. The zero-order chi connectivity index (χ0) is 13.2. The van der Waals surface area contributed by atoms with Gasteiger partial charge >= 0.3 is 0 Å². The molecule has 9 heteroatoms. The van der Waals surface area contributed by atoms with Crippen LogP contribution in [0.5, 0.6) is 0 Å². The molecule has 0 aliphatic carbocycles. The number of H-pyrrole nitrogens is 1. The first-order valence-corrected chi connectivity index (χ1v) is 7.53. The predicted molar refractivity (Wildman–Crippen MR) is 67.4 cm³/mol. The average molecular weight is 287 g/mol. The topological polar surface area (TPSA) is 114 Å². The number of hydrogen-bond donors (Lipinski definition) is 3. The number of nitrogens with one attached hydrogen (secondary N) is 2. The number of aryl methyl sites for hydroxylation is 1. The summed E-state index contributed by atoms with van der Waals surface area (Å²) in [4.78, 5) is 4.14. The summed E-state index contributed by atoms with van der Waals surface area (Å²) in [6.07, 6.45) is 1.63. The smallest absolute Gasteiger partial charge is 0.244 e. The van der Waals surface area contributed by atoms with Gasteiger partial charge in [-0.2, -0.15) is 5.10 Å². The molecule has 2 heterocycles. The first-order valence-electron chi connectivity index (χ1n) is 5.16. The summed E-state index contributed by atoms with van der Waals surface area (Å²) in [5.74, 6) is 0. The van der Waals surface area contributed by atoms with E-state index in [9.17, 15) is 8.42 Å². The second-order valence-corrected chi connectivity index (χ2v) is 6.26. The minimum Gasteiger partial charge on any atom is -0.325 e. The molecule has 0 bridgehead atoms. The molecule has 0 aliphatic heterocycles. The minimum absolute atomic E-state index is 0.0673. The fourth-order valence-corrected chi connectivity index (χ4v) is 3.54. The third-order valence-corrected chi connectivity index (χ3v) is 4.70. The third kappa shape index (κ3) is 2.58. The Hall–Kier alpha value is -1.29. The highest BCUT2D eigenvalue weighted by Gasteiger charge is 2.23. The summed E-state index contributed by atoms with van der Waals surface area (Å²) in [6.45, 7) is 1.87. The average Bonchev–Trinajstić information content (AvgIpc) is 2.95. The van der Waals surface area contributed by atoms with Gasteiger partial charge in [0.25, 0.3) is 0 Å². The third-order valence-electron chi connectivity index (χ3n) is 2.32. The lowest BCUT2D eigenvalue weighted by molar-refractivity contribution is 0.579. The van der Waals surface area contributed by atoms with E-state index in [0.29, 0.717) is 16.4 Å².